The lowest BCUT2D eigenvalue weighted by Gasteiger charge is -2.06. The first-order valence-corrected chi connectivity index (χ1v) is 6.43. The topological polar surface area (TPSA) is 93.4 Å². The summed E-state index contributed by atoms with van der Waals surface area (Å²) in [6, 6.07) is 2.24. The first kappa shape index (κ1) is 13.6. The van der Waals surface area contributed by atoms with Crippen LogP contribution in [0.15, 0.2) is 34.6 Å². The van der Waals surface area contributed by atoms with Crippen LogP contribution in [-0.2, 0) is 6.18 Å². The number of nitrogen functional groups attached to an aromatic ring is 1. The highest BCUT2D eigenvalue weighted by molar-refractivity contribution is 7.99. The van der Waals surface area contributed by atoms with Crippen molar-refractivity contribution in [3.8, 4) is 0 Å². The molecule has 21 heavy (non-hydrogen) atoms. The van der Waals surface area contributed by atoms with Crippen LogP contribution in [-0.4, -0.2) is 25.1 Å². The van der Waals surface area contributed by atoms with Crippen molar-refractivity contribution >= 4 is 28.7 Å². The van der Waals surface area contributed by atoms with Gasteiger partial charge < -0.3 is 5.73 Å². The molecule has 0 aliphatic heterocycles. The zero-order chi connectivity index (χ0) is 15.0. The third kappa shape index (κ3) is 2.75. The number of nitrogens with zero attached hydrogens (tertiary/aromatic N) is 4. The molecule has 3 aromatic rings. The zero-order valence-electron chi connectivity index (χ0n) is 10.2. The highest BCUT2D eigenvalue weighted by Crippen LogP contribution is 2.33. The van der Waals surface area contributed by atoms with E-state index in [1.807, 2.05) is 0 Å². The molecular weight excluding hydrogens is 305 g/mol. The van der Waals surface area contributed by atoms with Gasteiger partial charge in [-0.25, -0.2) is 9.97 Å². The molecule has 108 valence electrons. The number of aromatic nitrogens is 5. The van der Waals surface area contributed by atoms with Gasteiger partial charge in [-0.05, 0) is 23.9 Å². The molecule has 0 saturated heterocycles. The van der Waals surface area contributed by atoms with Crippen molar-refractivity contribution in [3.63, 3.8) is 0 Å². The molecule has 0 atom stereocenters. The van der Waals surface area contributed by atoms with Crippen LogP contribution < -0.4 is 5.73 Å². The average molecular weight is 312 g/mol. The Hall–Kier alpha value is -2.36. The van der Waals surface area contributed by atoms with E-state index in [1.165, 1.54) is 12.3 Å². The molecule has 3 aromatic heterocycles. The molecule has 3 heterocycles. The number of rotatable bonds is 2. The van der Waals surface area contributed by atoms with Crippen LogP contribution in [0.2, 0.25) is 0 Å². The third-order valence-electron chi connectivity index (χ3n) is 2.56. The van der Waals surface area contributed by atoms with Gasteiger partial charge in [0.2, 0.25) is 5.95 Å². The summed E-state index contributed by atoms with van der Waals surface area (Å²) in [5.41, 5.74) is 5.22. The number of pyridine rings is 1. The monoisotopic (exact) mass is 312 g/mol. The predicted molar refractivity (Wildman–Crippen MR) is 69.5 cm³/mol. The van der Waals surface area contributed by atoms with Crippen molar-refractivity contribution in [2.45, 2.75) is 16.2 Å². The number of H-pyrrole nitrogens is 1. The van der Waals surface area contributed by atoms with Crippen LogP contribution in [0.4, 0.5) is 19.1 Å². The Balaban J connectivity index is 1.93. The second kappa shape index (κ2) is 4.88. The molecule has 3 N–H and O–H groups in total. The Morgan fingerprint density at radius 3 is 2.62 bits per heavy atom. The molecular formula is C11H7F3N6S. The lowest BCUT2D eigenvalue weighted by molar-refractivity contribution is -0.137. The second-order valence-corrected chi connectivity index (χ2v) is 5.01. The van der Waals surface area contributed by atoms with Gasteiger partial charge in [0.1, 0.15) is 10.1 Å². The number of nitrogens with two attached hydrogens (primary N) is 1. The second-order valence-electron chi connectivity index (χ2n) is 4.00. The van der Waals surface area contributed by atoms with Gasteiger partial charge in [-0.2, -0.15) is 23.3 Å². The molecule has 0 bridgehead atoms. The molecule has 10 heteroatoms. The van der Waals surface area contributed by atoms with Gasteiger partial charge in [0.15, 0.2) is 5.65 Å². The fourth-order valence-corrected chi connectivity index (χ4v) is 2.45. The molecule has 0 aliphatic rings. The number of fused-ring (bicyclic) bond motifs is 1. The first-order valence-electron chi connectivity index (χ1n) is 5.61. The van der Waals surface area contributed by atoms with Crippen molar-refractivity contribution in [1.82, 2.24) is 25.1 Å². The Morgan fingerprint density at radius 2 is 1.95 bits per heavy atom. The van der Waals surface area contributed by atoms with Crippen molar-refractivity contribution in [2.24, 2.45) is 0 Å². The average Bonchev–Trinajstić information content (AvgIpc) is 2.86. The summed E-state index contributed by atoms with van der Waals surface area (Å²) in [6.45, 7) is 0. The van der Waals surface area contributed by atoms with Gasteiger partial charge in [0.25, 0.3) is 0 Å². The Bertz CT molecular complexity index is 783. The summed E-state index contributed by atoms with van der Waals surface area (Å²) in [6.07, 6.45) is -2.12. The normalized spacial score (nSPS) is 12.0. The van der Waals surface area contributed by atoms with Crippen LogP contribution in [0.25, 0.3) is 11.0 Å². The van der Waals surface area contributed by atoms with Crippen LogP contribution in [0.3, 0.4) is 0 Å². The van der Waals surface area contributed by atoms with Gasteiger partial charge in [-0.15, -0.1) is 0 Å². The highest BCUT2D eigenvalue weighted by atomic mass is 32.2. The van der Waals surface area contributed by atoms with Crippen LogP contribution in [0, 0.1) is 0 Å². The number of hydrogen-bond donors (Lipinski definition) is 2. The number of halogens is 3. The van der Waals surface area contributed by atoms with E-state index in [0.717, 1.165) is 24.0 Å². The Kier molecular flexibility index (Phi) is 3.16. The quantitative estimate of drug-likeness (QED) is 0.706. The molecule has 0 aliphatic carbocycles. The van der Waals surface area contributed by atoms with Gasteiger partial charge in [-0.3, -0.25) is 5.10 Å². The van der Waals surface area contributed by atoms with E-state index in [1.54, 1.807) is 0 Å². The number of alkyl halides is 3. The zero-order valence-corrected chi connectivity index (χ0v) is 11.0. The minimum Gasteiger partial charge on any atom is -0.368 e. The van der Waals surface area contributed by atoms with E-state index in [0.29, 0.717) is 21.1 Å². The molecule has 0 fully saturated rings. The van der Waals surface area contributed by atoms with Crippen molar-refractivity contribution in [3.05, 3.63) is 30.1 Å². The van der Waals surface area contributed by atoms with Crippen molar-refractivity contribution in [1.29, 1.82) is 0 Å². The third-order valence-corrected chi connectivity index (χ3v) is 3.51. The lowest BCUT2D eigenvalue weighted by Crippen LogP contribution is -2.05. The summed E-state index contributed by atoms with van der Waals surface area (Å²) < 4.78 is 37.4. The van der Waals surface area contributed by atoms with Gasteiger partial charge in [0, 0.05) is 6.20 Å². The first-order chi connectivity index (χ1) is 9.93. The molecule has 0 unspecified atom stereocenters. The standard InChI is InChI=1S/C11H7F3N6S/c12-11(13,14)5-1-2-7(16-3-5)21-9-6-4-17-20-8(6)18-10(15)19-9/h1-4H,(H3,15,17,18,19,20). The number of nitrogens with one attached hydrogen (secondary N) is 1. The smallest absolute Gasteiger partial charge is 0.368 e. The maximum absolute atomic E-state index is 12.5. The SMILES string of the molecule is Nc1nc(Sc2ccc(C(F)(F)F)cn2)c2cn[nH]c2n1. The van der Waals surface area contributed by atoms with E-state index in [2.05, 4.69) is 25.1 Å². The van der Waals surface area contributed by atoms with Gasteiger partial charge in [-0.1, -0.05) is 0 Å². The molecule has 0 radical (unpaired) electrons. The largest absolute Gasteiger partial charge is 0.417 e. The van der Waals surface area contributed by atoms with Crippen molar-refractivity contribution < 1.29 is 13.2 Å². The summed E-state index contributed by atoms with van der Waals surface area (Å²) in [4.78, 5) is 11.8. The summed E-state index contributed by atoms with van der Waals surface area (Å²) in [5.74, 6) is 0.0427. The molecule has 0 saturated carbocycles. The molecule has 0 amide bonds. The van der Waals surface area contributed by atoms with Gasteiger partial charge in [0.05, 0.1) is 17.1 Å². The minimum absolute atomic E-state index is 0.0427. The fraction of sp³-hybridized carbons (Fsp3) is 0.0909. The van der Waals surface area contributed by atoms with E-state index in [9.17, 15) is 13.2 Å². The van der Waals surface area contributed by atoms with Crippen molar-refractivity contribution in [2.75, 3.05) is 5.73 Å². The van der Waals surface area contributed by atoms with Gasteiger partial charge >= 0.3 is 6.18 Å². The van der Waals surface area contributed by atoms with E-state index >= 15 is 0 Å². The van der Waals surface area contributed by atoms with Crippen LogP contribution >= 0.6 is 11.8 Å². The van der Waals surface area contributed by atoms with E-state index in [4.69, 9.17) is 5.73 Å². The number of aromatic amines is 1. The Labute approximate surface area is 120 Å². The molecule has 0 aromatic carbocycles. The summed E-state index contributed by atoms with van der Waals surface area (Å²) in [5, 5.41) is 7.93. The maximum Gasteiger partial charge on any atom is 0.417 e. The lowest BCUT2D eigenvalue weighted by atomic mass is 10.3. The fourth-order valence-electron chi connectivity index (χ4n) is 1.61. The van der Waals surface area contributed by atoms with Crippen LogP contribution in [0.1, 0.15) is 5.56 Å². The summed E-state index contributed by atoms with van der Waals surface area (Å²) >= 11 is 1.09. The minimum atomic E-state index is -4.41. The molecule has 6 nitrogen and oxygen atoms in total. The molecule has 3 rings (SSSR count). The predicted octanol–water partition coefficient (Wildman–Crippen LogP) is 2.50. The summed E-state index contributed by atoms with van der Waals surface area (Å²) in [7, 11) is 0. The van der Waals surface area contributed by atoms with E-state index < -0.39 is 11.7 Å². The Morgan fingerprint density at radius 1 is 1.14 bits per heavy atom. The number of hydrogen-bond acceptors (Lipinski definition) is 6. The van der Waals surface area contributed by atoms with E-state index in [-0.39, 0.29) is 5.95 Å². The van der Waals surface area contributed by atoms with Crippen LogP contribution in [0.5, 0.6) is 0 Å². The highest BCUT2D eigenvalue weighted by Gasteiger charge is 2.30. The molecule has 0 spiro atoms. The number of anilines is 1. The maximum atomic E-state index is 12.5.